The molecule has 0 heterocycles. The molecule has 0 aliphatic carbocycles. The fourth-order valence-corrected chi connectivity index (χ4v) is 5.52. The van der Waals surface area contributed by atoms with E-state index in [-0.39, 0.29) is 27.5 Å². The normalized spacial score (nSPS) is 11.5. The van der Waals surface area contributed by atoms with Gasteiger partial charge in [-0.2, -0.15) is 5.01 Å². The van der Waals surface area contributed by atoms with E-state index in [4.69, 9.17) is 5.84 Å². The van der Waals surface area contributed by atoms with E-state index < -0.39 is 23.6 Å². The van der Waals surface area contributed by atoms with Gasteiger partial charge in [0.2, 0.25) is 0 Å². The van der Waals surface area contributed by atoms with E-state index in [1.165, 1.54) is 30.7 Å². The highest BCUT2D eigenvalue weighted by molar-refractivity contribution is 6.12. The molecule has 0 unspecified atom stereocenters. The Morgan fingerprint density at radius 1 is 0.565 bits per heavy atom. The van der Waals surface area contributed by atoms with Crippen molar-refractivity contribution in [2.45, 2.75) is 104 Å². The number of imide groups is 1. The Bertz CT molecular complexity index is 1480. The number of hydrazine groups is 2. The molecule has 8 heteroatoms. The maximum atomic E-state index is 13.8. The van der Waals surface area contributed by atoms with Crippen LogP contribution in [0.25, 0.3) is 0 Å². The molecule has 0 saturated heterocycles. The minimum absolute atomic E-state index is 0.0498. The molecule has 0 saturated carbocycles. The van der Waals surface area contributed by atoms with Crippen molar-refractivity contribution in [3.63, 3.8) is 0 Å². The molecular weight excluding hydrogens is 576 g/mol. The van der Waals surface area contributed by atoms with Crippen molar-refractivity contribution in [2.75, 3.05) is 0 Å². The number of hydrogen-bond acceptors (Lipinski definition) is 5. The molecule has 0 atom stereocenters. The Labute approximate surface area is 274 Å². The van der Waals surface area contributed by atoms with Gasteiger partial charge >= 0.3 is 0 Å². The molecule has 46 heavy (non-hydrogen) atoms. The predicted octanol–water partition coefficient (Wildman–Crippen LogP) is 7.63. The van der Waals surface area contributed by atoms with Crippen LogP contribution in [0.4, 0.5) is 0 Å². The second-order valence-corrected chi connectivity index (χ2v) is 13.3. The van der Waals surface area contributed by atoms with E-state index in [0.717, 1.165) is 61.1 Å². The SMILES string of the molecule is CCCCCC(C)(C)c1ccc(C(=O)NN(C(=O)c2ccc(C(=O)NN)cc2)C(=O)c2ccc(C(C)(C)CCCCC)cc2)cc1. The van der Waals surface area contributed by atoms with Crippen molar-refractivity contribution in [1.82, 2.24) is 15.9 Å². The van der Waals surface area contributed by atoms with Crippen LogP contribution in [0, 0.1) is 0 Å². The highest BCUT2D eigenvalue weighted by Gasteiger charge is 2.28. The van der Waals surface area contributed by atoms with Gasteiger partial charge in [-0.05, 0) is 83.3 Å². The van der Waals surface area contributed by atoms with E-state index in [1.807, 2.05) is 29.7 Å². The highest BCUT2D eigenvalue weighted by atomic mass is 16.2. The molecule has 3 aromatic carbocycles. The van der Waals surface area contributed by atoms with E-state index in [1.54, 1.807) is 24.3 Å². The monoisotopic (exact) mass is 626 g/mol. The highest BCUT2D eigenvalue weighted by Crippen LogP contribution is 2.31. The van der Waals surface area contributed by atoms with Gasteiger partial charge in [0, 0.05) is 22.3 Å². The lowest BCUT2D eigenvalue weighted by Crippen LogP contribution is -2.50. The van der Waals surface area contributed by atoms with Crippen LogP contribution in [-0.4, -0.2) is 28.6 Å². The fourth-order valence-electron chi connectivity index (χ4n) is 5.52. The summed E-state index contributed by atoms with van der Waals surface area (Å²) in [7, 11) is 0. The molecule has 3 aromatic rings. The predicted molar refractivity (Wildman–Crippen MR) is 183 cm³/mol. The van der Waals surface area contributed by atoms with Gasteiger partial charge in [0.1, 0.15) is 0 Å². The largest absolute Gasteiger partial charge is 0.290 e. The number of carbonyl (C=O) groups is 4. The lowest BCUT2D eigenvalue weighted by molar-refractivity contribution is 0.0483. The Morgan fingerprint density at radius 3 is 1.30 bits per heavy atom. The van der Waals surface area contributed by atoms with Gasteiger partial charge in [-0.1, -0.05) is 104 Å². The summed E-state index contributed by atoms with van der Waals surface area (Å²) >= 11 is 0. The first-order valence-electron chi connectivity index (χ1n) is 16.4. The van der Waals surface area contributed by atoms with E-state index in [0.29, 0.717) is 5.56 Å². The molecule has 0 aromatic heterocycles. The number of nitrogens with two attached hydrogens (primary N) is 1. The van der Waals surface area contributed by atoms with Crippen LogP contribution in [0.2, 0.25) is 0 Å². The van der Waals surface area contributed by atoms with Gasteiger partial charge in [0.15, 0.2) is 0 Å². The average molecular weight is 627 g/mol. The van der Waals surface area contributed by atoms with Gasteiger partial charge < -0.3 is 0 Å². The Morgan fingerprint density at radius 2 is 0.913 bits per heavy atom. The van der Waals surface area contributed by atoms with Crippen LogP contribution in [0.5, 0.6) is 0 Å². The molecule has 0 aliphatic heterocycles. The maximum absolute atomic E-state index is 13.8. The molecule has 0 spiro atoms. The van der Waals surface area contributed by atoms with Gasteiger partial charge in [0.25, 0.3) is 23.6 Å². The molecule has 0 bridgehead atoms. The quantitative estimate of drug-likeness (QED) is 0.0558. The summed E-state index contributed by atoms with van der Waals surface area (Å²) < 4.78 is 0. The van der Waals surface area contributed by atoms with Gasteiger partial charge in [0.05, 0.1) is 0 Å². The molecule has 4 amide bonds. The number of rotatable bonds is 14. The zero-order chi connectivity index (χ0) is 33.9. The molecule has 0 fully saturated rings. The molecule has 0 radical (unpaired) electrons. The summed E-state index contributed by atoms with van der Waals surface area (Å²) in [4.78, 5) is 52.9. The zero-order valence-electron chi connectivity index (χ0n) is 28.2. The van der Waals surface area contributed by atoms with Crippen LogP contribution >= 0.6 is 0 Å². The minimum Gasteiger partial charge on any atom is -0.290 e. The second-order valence-electron chi connectivity index (χ2n) is 13.3. The Hall–Kier alpha value is -4.30. The average Bonchev–Trinajstić information content (AvgIpc) is 3.06. The van der Waals surface area contributed by atoms with Crippen LogP contribution < -0.4 is 16.7 Å². The lowest BCUT2D eigenvalue weighted by atomic mass is 9.80. The number of hydrogen-bond donors (Lipinski definition) is 3. The van der Waals surface area contributed by atoms with Crippen LogP contribution in [0.3, 0.4) is 0 Å². The van der Waals surface area contributed by atoms with Gasteiger partial charge in [-0.25, -0.2) is 5.84 Å². The number of nitrogen functional groups attached to an aromatic ring is 1. The number of benzene rings is 3. The van der Waals surface area contributed by atoms with E-state index >= 15 is 0 Å². The number of nitrogens with zero attached hydrogens (tertiary/aromatic N) is 1. The lowest BCUT2D eigenvalue weighted by Gasteiger charge is -2.26. The number of nitrogens with one attached hydrogen (secondary N) is 2. The van der Waals surface area contributed by atoms with Gasteiger partial charge in [-0.15, -0.1) is 0 Å². The van der Waals surface area contributed by atoms with Crippen molar-refractivity contribution < 1.29 is 19.2 Å². The topological polar surface area (TPSA) is 122 Å². The smallest absolute Gasteiger partial charge is 0.279 e. The van der Waals surface area contributed by atoms with Crippen LogP contribution in [-0.2, 0) is 10.8 Å². The van der Waals surface area contributed by atoms with Gasteiger partial charge in [-0.3, -0.25) is 30.0 Å². The number of unbranched alkanes of at least 4 members (excludes halogenated alkanes) is 4. The zero-order valence-corrected chi connectivity index (χ0v) is 28.2. The minimum atomic E-state index is -0.740. The number of amides is 4. The third-order valence-corrected chi connectivity index (χ3v) is 8.80. The van der Waals surface area contributed by atoms with Crippen molar-refractivity contribution >= 4 is 23.6 Å². The van der Waals surface area contributed by atoms with E-state index in [9.17, 15) is 19.2 Å². The maximum Gasteiger partial charge on any atom is 0.279 e. The third kappa shape index (κ3) is 9.36. The molecule has 8 nitrogen and oxygen atoms in total. The molecule has 3 rings (SSSR count). The Kier molecular flexibility index (Phi) is 12.8. The summed E-state index contributed by atoms with van der Waals surface area (Å²) in [5, 5.41) is 0.740. The van der Waals surface area contributed by atoms with Crippen LogP contribution in [0.15, 0.2) is 72.8 Å². The third-order valence-electron chi connectivity index (χ3n) is 8.80. The van der Waals surface area contributed by atoms with Crippen LogP contribution in [0.1, 0.15) is 145 Å². The first-order chi connectivity index (χ1) is 21.8. The van der Waals surface area contributed by atoms with Crippen molar-refractivity contribution in [1.29, 1.82) is 0 Å². The summed E-state index contributed by atoms with van der Waals surface area (Å²) in [5.74, 6) is 2.70. The summed E-state index contributed by atoms with van der Waals surface area (Å²) in [5.41, 5.74) is 7.61. The summed E-state index contributed by atoms with van der Waals surface area (Å²) in [6, 6.07) is 20.2. The summed E-state index contributed by atoms with van der Waals surface area (Å²) in [6.07, 6.45) is 8.91. The van der Waals surface area contributed by atoms with E-state index in [2.05, 4.69) is 47.0 Å². The van der Waals surface area contributed by atoms with Crippen molar-refractivity contribution in [3.8, 4) is 0 Å². The molecule has 0 aliphatic rings. The van der Waals surface area contributed by atoms with Crippen molar-refractivity contribution in [2.24, 2.45) is 5.84 Å². The standard InChI is InChI=1S/C38H50N4O4/c1-7-9-11-25-37(3,4)31-21-17-28(18-22-31)34(44)41-42(35(45)29-15-13-27(14-16-29)33(43)40-39)36(46)30-19-23-32(24-20-30)38(5,6)26-12-10-8-2/h13-24H,7-12,25-26,39H2,1-6H3,(H,40,43)(H,41,44). The first kappa shape index (κ1) is 36.2. The summed E-state index contributed by atoms with van der Waals surface area (Å²) in [6.45, 7) is 13.1. The first-order valence-corrected chi connectivity index (χ1v) is 16.4. The number of carbonyl (C=O) groups excluding carboxylic acids is 4. The second kappa shape index (κ2) is 16.3. The Balaban J connectivity index is 1.89. The van der Waals surface area contributed by atoms with Crippen molar-refractivity contribution in [3.05, 3.63) is 106 Å². The molecular formula is C38H50N4O4. The molecule has 246 valence electrons. The fraction of sp³-hybridized carbons (Fsp3) is 0.421. The molecule has 4 N–H and O–H groups in total.